The van der Waals surface area contributed by atoms with Gasteiger partial charge in [-0.05, 0) is 24.5 Å². The summed E-state index contributed by atoms with van der Waals surface area (Å²) in [6.45, 7) is 0.447. The molecule has 1 saturated heterocycles. The molecular weight excluding hydrogens is 234 g/mol. The molecule has 0 saturated carbocycles. The first-order valence-corrected chi connectivity index (χ1v) is 6.16. The van der Waals surface area contributed by atoms with Crippen molar-refractivity contribution in [1.82, 2.24) is 4.90 Å². The molecule has 1 fully saturated rings. The molecule has 0 N–H and O–H groups in total. The van der Waals surface area contributed by atoms with Crippen LogP contribution >= 0.6 is 0 Å². The van der Waals surface area contributed by atoms with Crippen molar-refractivity contribution in [3.8, 4) is 0 Å². The van der Waals surface area contributed by atoms with Crippen LogP contribution in [-0.4, -0.2) is 36.5 Å². The summed E-state index contributed by atoms with van der Waals surface area (Å²) in [6, 6.07) is 1.80. The molecule has 0 aromatic carbocycles. The molecule has 2 heterocycles. The molecule has 1 aliphatic heterocycles. The minimum Gasteiger partial charge on any atom is -0.468 e. The lowest BCUT2D eigenvalue weighted by molar-refractivity contribution is -0.125. The summed E-state index contributed by atoms with van der Waals surface area (Å²) in [4.78, 5) is 25.5. The smallest absolute Gasteiger partial charge is 0.409 e. The molecule has 96 valence electrons. The first-order valence-electron chi connectivity index (χ1n) is 6.16. The fraction of sp³-hybridized carbons (Fsp3) is 0.538. The van der Waals surface area contributed by atoms with Crippen molar-refractivity contribution >= 4 is 11.9 Å². The van der Waals surface area contributed by atoms with Gasteiger partial charge in [0.25, 0.3) is 0 Å². The maximum absolute atomic E-state index is 12.1. The molecule has 1 aromatic heterocycles. The summed E-state index contributed by atoms with van der Waals surface area (Å²) >= 11 is 0. The maximum Gasteiger partial charge on any atom is 0.409 e. The van der Waals surface area contributed by atoms with E-state index in [9.17, 15) is 9.59 Å². The van der Waals surface area contributed by atoms with E-state index in [0.717, 1.165) is 24.2 Å². The topological polar surface area (TPSA) is 59.8 Å². The van der Waals surface area contributed by atoms with Crippen LogP contribution in [0.5, 0.6) is 0 Å². The lowest BCUT2D eigenvalue weighted by Crippen LogP contribution is -2.52. The third-order valence-electron chi connectivity index (χ3n) is 3.91. The number of amides is 1. The molecule has 0 spiro atoms. The van der Waals surface area contributed by atoms with Gasteiger partial charge in [0, 0.05) is 13.0 Å². The normalized spacial score (nSPS) is 26.5. The number of nitrogens with zero attached hydrogens (tertiary/aromatic N) is 1. The molecule has 0 unspecified atom stereocenters. The van der Waals surface area contributed by atoms with Gasteiger partial charge in [0.15, 0.2) is 0 Å². The van der Waals surface area contributed by atoms with Gasteiger partial charge in [-0.3, -0.25) is 4.79 Å². The summed E-state index contributed by atoms with van der Waals surface area (Å²) < 4.78 is 10.2. The van der Waals surface area contributed by atoms with Crippen LogP contribution in [-0.2, 0) is 16.0 Å². The van der Waals surface area contributed by atoms with Crippen molar-refractivity contribution < 1.29 is 18.7 Å². The van der Waals surface area contributed by atoms with Gasteiger partial charge in [-0.25, -0.2) is 4.79 Å². The Morgan fingerprint density at radius 2 is 2.33 bits per heavy atom. The van der Waals surface area contributed by atoms with Crippen molar-refractivity contribution in [3.63, 3.8) is 0 Å². The molecule has 5 heteroatoms. The summed E-state index contributed by atoms with van der Waals surface area (Å²) in [7, 11) is 1.37. The molecule has 1 amide bonds. The second kappa shape index (κ2) is 4.15. The third kappa shape index (κ3) is 1.54. The van der Waals surface area contributed by atoms with E-state index >= 15 is 0 Å². The number of fused-ring (bicyclic) bond motifs is 3. The van der Waals surface area contributed by atoms with E-state index in [-0.39, 0.29) is 23.8 Å². The van der Waals surface area contributed by atoms with Crippen LogP contribution in [0.4, 0.5) is 4.79 Å². The van der Waals surface area contributed by atoms with E-state index in [0.29, 0.717) is 13.0 Å². The lowest BCUT2D eigenvalue weighted by atomic mass is 9.77. The molecular formula is C13H15NO4. The zero-order chi connectivity index (χ0) is 12.7. The Hall–Kier alpha value is -1.78. The molecule has 5 nitrogen and oxygen atoms in total. The number of rotatable bonds is 0. The SMILES string of the molecule is COC(=O)N1CCC(=O)[C@@H]2c3occc3CC[C@@H]21. The number of hydrogen-bond acceptors (Lipinski definition) is 4. The summed E-state index contributed by atoms with van der Waals surface area (Å²) in [5.41, 5.74) is 1.09. The molecule has 0 bridgehead atoms. The molecule has 0 radical (unpaired) electrons. The first-order chi connectivity index (χ1) is 8.72. The largest absolute Gasteiger partial charge is 0.468 e. The maximum atomic E-state index is 12.1. The van der Waals surface area contributed by atoms with E-state index in [1.165, 1.54) is 7.11 Å². The highest BCUT2D eigenvalue weighted by atomic mass is 16.5. The van der Waals surface area contributed by atoms with Crippen molar-refractivity contribution in [3.05, 3.63) is 23.7 Å². The molecule has 2 aliphatic rings. The lowest BCUT2D eigenvalue weighted by Gasteiger charge is -2.41. The average molecular weight is 249 g/mol. The molecule has 1 aliphatic carbocycles. The van der Waals surface area contributed by atoms with Crippen molar-refractivity contribution in [2.45, 2.75) is 31.2 Å². The number of Topliss-reactive ketones (excluding diaryl/α,β-unsaturated/α-hetero) is 1. The quantitative estimate of drug-likeness (QED) is 0.702. The number of methoxy groups -OCH3 is 1. The van der Waals surface area contributed by atoms with Gasteiger partial charge < -0.3 is 14.1 Å². The second-order valence-electron chi connectivity index (χ2n) is 4.77. The number of aryl methyl sites for hydroxylation is 1. The number of ether oxygens (including phenoxy) is 1. The van der Waals surface area contributed by atoms with E-state index in [1.54, 1.807) is 11.2 Å². The van der Waals surface area contributed by atoms with E-state index in [1.807, 2.05) is 6.07 Å². The number of carbonyl (C=O) groups excluding carboxylic acids is 2. The predicted octanol–water partition coefficient (Wildman–Crippen LogP) is 1.72. The van der Waals surface area contributed by atoms with Crippen LogP contribution < -0.4 is 0 Å². The Labute approximate surface area is 105 Å². The van der Waals surface area contributed by atoms with Gasteiger partial charge >= 0.3 is 6.09 Å². The van der Waals surface area contributed by atoms with Gasteiger partial charge in [0.2, 0.25) is 0 Å². The first kappa shape index (κ1) is 11.3. The fourth-order valence-electron chi connectivity index (χ4n) is 3.06. The summed E-state index contributed by atoms with van der Waals surface area (Å²) in [5.74, 6) is 0.595. The van der Waals surface area contributed by atoms with Crippen LogP contribution in [0.1, 0.15) is 30.1 Å². The van der Waals surface area contributed by atoms with Crippen molar-refractivity contribution in [2.75, 3.05) is 13.7 Å². The molecule has 3 rings (SSSR count). The monoisotopic (exact) mass is 249 g/mol. The second-order valence-corrected chi connectivity index (χ2v) is 4.77. The Balaban J connectivity index is 1.97. The number of hydrogen-bond donors (Lipinski definition) is 0. The van der Waals surface area contributed by atoms with E-state index in [4.69, 9.17) is 9.15 Å². The fourth-order valence-corrected chi connectivity index (χ4v) is 3.06. The summed E-state index contributed by atoms with van der Waals surface area (Å²) in [5, 5.41) is 0. The van der Waals surface area contributed by atoms with Crippen LogP contribution in [0.3, 0.4) is 0 Å². The number of likely N-dealkylation sites (tertiary alicyclic amines) is 1. The van der Waals surface area contributed by atoms with Crippen LogP contribution in [0.25, 0.3) is 0 Å². The van der Waals surface area contributed by atoms with Crippen molar-refractivity contribution in [1.29, 1.82) is 0 Å². The van der Waals surface area contributed by atoms with Crippen LogP contribution in [0, 0.1) is 0 Å². The number of furan rings is 1. The average Bonchev–Trinajstić information content (AvgIpc) is 2.86. The summed E-state index contributed by atoms with van der Waals surface area (Å²) in [6.07, 6.45) is 3.27. The Kier molecular flexibility index (Phi) is 2.61. The minimum atomic E-state index is -0.354. The van der Waals surface area contributed by atoms with Crippen LogP contribution in [0.2, 0.25) is 0 Å². The van der Waals surface area contributed by atoms with Crippen molar-refractivity contribution in [2.24, 2.45) is 0 Å². The zero-order valence-corrected chi connectivity index (χ0v) is 10.2. The number of ketones is 1. The predicted molar refractivity (Wildman–Crippen MR) is 62.3 cm³/mol. The van der Waals surface area contributed by atoms with Crippen LogP contribution in [0.15, 0.2) is 16.7 Å². The Bertz CT molecular complexity index is 493. The number of piperidine rings is 1. The highest BCUT2D eigenvalue weighted by Gasteiger charge is 2.45. The minimum absolute atomic E-state index is 0.114. The Morgan fingerprint density at radius 1 is 1.50 bits per heavy atom. The third-order valence-corrected chi connectivity index (χ3v) is 3.91. The van der Waals surface area contributed by atoms with Gasteiger partial charge in [-0.15, -0.1) is 0 Å². The highest BCUT2D eigenvalue weighted by molar-refractivity contribution is 5.89. The highest BCUT2D eigenvalue weighted by Crippen LogP contribution is 2.39. The van der Waals surface area contributed by atoms with Gasteiger partial charge in [-0.1, -0.05) is 0 Å². The van der Waals surface area contributed by atoms with E-state index in [2.05, 4.69) is 0 Å². The molecule has 1 aromatic rings. The van der Waals surface area contributed by atoms with Gasteiger partial charge in [0.1, 0.15) is 11.5 Å². The zero-order valence-electron chi connectivity index (χ0n) is 10.2. The van der Waals surface area contributed by atoms with E-state index < -0.39 is 0 Å². The Morgan fingerprint density at radius 3 is 3.11 bits per heavy atom. The van der Waals surface area contributed by atoms with Gasteiger partial charge in [0.05, 0.1) is 25.3 Å². The standard InChI is InChI=1S/C13H15NO4/c1-17-13(16)14-6-4-10(15)11-9(14)3-2-8-5-7-18-12(8)11/h5,7,9,11H,2-4,6H2,1H3/t9-,11+/m0/s1. The molecule has 18 heavy (non-hydrogen) atoms. The van der Waals surface area contributed by atoms with Gasteiger partial charge in [-0.2, -0.15) is 0 Å². The molecule has 2 atom stereocenters. The number of carbonyl (C=O) groups is 2.